The second kappa shape index (κ2) is 8.58. The predicted octanol–water partition coefficient (Wildman–Crippen LogP) is 1.85. The summed E-state index contributed by atoms with van der Waals surface area (Å²) >= 11 is 11.8. The minimum Gasteiger partial charge on any atom is -0.489 e. The lowest BCUT2D eigenvalue weighted by Crippen LogP contribution is -2.40. The summed E-state index contributed by atoms with van der Waals surface area (Å²) in [4.78, 5) is 11.6. The Labute approximate surface area is 139 Å². The third-order valence-corrected chi connectivity index (χ3v) is 4.10. The van der Waals surface area contributed by atoms with Gasteiger partial charge in [-0.3, -0.25) is 4.79 Å². The van der Waals surface area contributed by atoms with Crippen molar-refractivity contribution in [1.29, 1.82) is 0 Å². The molecule has 122 valence electrons. The van der Waals surface area contributed by atoms with Gasteiger partial charge in [0.15, 0.2) is 0 Å². The molecular weight excluding hydrogens is 327 g/mol. The zero-order valence-corrected chi connectivity index (χ0v) is 13.7. The van der Waals surface area contributed by atoms with E-state index in [0.29, 0.717) is 15.8 Å². The summed E-state index contributed by atoms with van der Waals surface area (Å²) in [5.41, 5.74) is 0. The van der Waals surface area contributed by atoms with Crippen LogP contribution in [-0.2, 0) is 4.79 Å². The van der Waals surface area contributed by atoms with Crippen LogP contribution in [0.25, 0.3) is 0 Å². The molecule has 2 rings (SSSR count). The summed E-state index contributed by atoms with van der Waals surface area (Å²) in [6.07, 6.45) is 1.68. The minimum absolute atomic E-state index is 0.0237. The number of hydrogen-bond donors (Lipinski definition) is 3. The number of aliphatic hydroxyl groups is 1. The summed E-state index contributed by atoms with van der Waals surface area (Å²) in [7, 11) is 0. The van der Waals surface area contributed by atoms with Gasteiger partial charge in [0, 0.05) is 6.54 Å². The average Bonchev–Trinajstić information content (AvgIpc) is 3.31. The second-order valence-electron chi connectivity index (χ2n) is 5.40. The van der Waals surface area contributed by atoms with Crippen LogP contribution >= 0.6 is 23.2 Å². The number of ether oxygens (including phenoxy) is 1. The first-order chi connectivity index (χ1) is 10.6. The molecule has 3 N–H and O–H groups in total. The van der Waals surface area contributed by atoms with Gasteiger partial charge in [0.1, 0.15) is 23.5 Å². The molecule has 5 nitrogen and oxygen atoms in total. The van der Waals surface area contributed by atoms with Gasteiger partial charge in [-0.05, 0) is 37.4 Å². The highest BCUT2D eigenvalue weighted by molar-refractivity contribution is 6.42. The van der Waals surface area contributed by atoms with Crippen LogP contribution in [0.3, 0.4) is 0 Å². The van der Waals surface area contributed by atoms with Crippen LogP contribution in [0.2, 0.25) is 10.0 Å². The number of hydrogen-bond acceptors (Lipinski definition) is 4. The molecule has 0 heterocycles. The molecule has 1 aliphatic carbocycles. The third-order valence-electron chi connectivity index (χ3n) is 3.30. The summed E-state index contributed by atoms with van der Waals surface area (Å²) < 4.78 is 5.40. The SMILES string of the molecule is O=C(CNCC1CC1)NCC(O)COc1cccc(Cl)c1Cl. The van der Waals surface area contributed by atoms with Crippen LogP contribution < -0.4 is 15.4 Å². The van der Waals surface area contributed by atoms with Gasteiger partial charge >= 0.3 is 0 Å². The van der Waals surface area contributed by atoms with Gasteiger partial charge in [-0.25, -0.2) is 0 Å². The molecule has 1 amide bonds. The summed E-state index contributed by atoms with van der Waals surface area (Å²) in [6.45, 7) is 1.30. The van der Waals surface area contributed by atoms with Crippen LogP contribution in [0.15, 0.2) is 18.2 Å². The monoisotopic (exact) mass is 346 g/mol. The Kier molecular flexibility index (Phi) is 6.76. The second-order valence-corrected chi connectivity index (χ2v) is 6.18. The van der Waals surface area contributed by atoms with E-state index in [2.05, 4.69) is 10.6 Å². The number of amides is 1. The van der Waals surface area contributed by atoms with E-state index in [9.17, 15) is 9.90 Å². The quantitative estimate of drug-likeness (QED) is 0.638. The van der Waals surface area contributed by atoms with Gasteiger partial charge in [-0.1, -0.05) is 29.3 Å². The van der Waals surface area contributed by atoms with E-state index in [-0.39, 0.29) is 25.6 Å². The fraction of sp³-hybridized carbons (Fsp3) is 0.533. The molecule has 7 heteroatoms. The van der Waals surface area contributed by atoms with Crippen molar-refractivity contribution in [3.05, 3.63) is 28.2 Å². The number of benzene rings is 1. The Morgan fingerprint density at radius 3 is 2.91 bits per heavy atom. The number of aliphatic hydroxyl groups excluding tert-OH is 1. The molecule has 0 saturated heterocycles. The fourth-order valence-corrected chi connectivity index (χ4v) is 2.19. The van der Waals surface area contributed by atoms with Crippen molar-refractivity contribution in [2.24, 2.45) is 5.92 Å². The van der Waals surface area contributed by atoms with Gasteiger partial charge in [-0.2, -0.15) is 0 Å². The third kappa shape index (κ3) is 6.01. The summed E-state index contributed by atoms with van der Waals surface area (Å²) in [5.74, 6) is 1.00. The molecule has 0 radical (unpaired) electrons. The highest BCUT2D eigenvalue weighted by Crippen LogP contribution is 2.31. The molecule has 1 aromatic carbocycles. The standard InChI is InChI=1S/C15H20Cl2N2O3/c16-12-2-1-3-13(15(12)17)22-9-11(20)7-19-14(21)8-18-6-10-4-5-10/h1-3,10-11,18,20H,4-9H2,(H,19,21). The summed E-state index contributed by atoms with van der Waals surface area (Å²) in [6, 6.07) is 5.03. The molecule has 1 atom stereocenters. The van der Waals surface area contributed by atoms with E-state index in [1.807, 2.05) is 0 Å². The number of halogens is 2. The van der Waals surface area contributed by atoms with Crippen molar-refractivity contribution in [3.8, 4) is 5.75 Å². The molecule has 0 aromatic heterocycles. The first-order valence-electron chi connectivity index (χ1n) is 7.28. The van der Waals surface area contributed by atoms with Gasteiger partial charge in [0.05, 0.1) is 11.6 Å². The molecule has 1 fully saturated rings. The maximum atomic E-state index is 11.6. The van der Waals surface area contributed by atoms with Crippen LogP contribution in [-0.4, -0.2) is 43.4 Å². The van der Waals surface area contributed by atoms with Crippen molar-refractivity contribution in [3.63, 3.8) is 0 Å². The van der Waals surface area contributed by atoms with E-state index in [1.54, 1.807) is 18.2 Å². The molecule has 22 heavy (non-hydrogen) atoms. The predicted molar refractivity (Wildman–Crippen MR) is 86.6 cm³/mol. The Morgan fingerprint density at radius 2 is 2.18 bits per heavy atom. The molecule has 1 unspecified atom stereocenters. The normalized spacial score (nSPS) is 15.4. The van der Waals surface area contributed by atoms with Crippen molar-refractivity contribution in [2.45, 2.75) is 18.9 Å². The van der Waals surface area contributed by atoms with E-state index in [1.165, 1.54) is 12.8 Å². The Hall–Kier alpha value is -1.01. The van der Waals surface area contributed by atoms with Crippen LogP contribution in [0.1, 0.15) is 12.8 Å². The van der Waals surface area contributed by atoms with Gasteiger partial charge < -0.3 is 20.5 Å². The largest absolute Gasteiger partial charge is 0.489 e. The van der Waals surface area contributed by atoms with Gasteiger partial charge in [0.25, 0.3) is 0 Å². The lowest BCUT2D eigenvalue weighted by Gasteiger charge is -2.14. The molecular formula is C15H20Cl2N2O3. The average molecular weight is 347 g/mol. The number of rotatable bonds is 9. The number of carbonyl (C=O) groups excluding carboxylic acids is 1. The van der Waals surface area contributed by atoms with Crippen LogP contribution in [0, 0.1) is 5.92 Å². The number of carbonyl (C=O) groups is 1. The van der Waals surface area contributed by atoms with E-state index in [0.717, 1.165) is 12.5 Å². The maximum absolute atomic E-state index is 11.6. The molecule has 0 spiro atoms. The van der Waals surface area contributed by atoms with Crippen LogP contribution in [0.5, 0.6) is 5.75 Å². The Bertz CT molecular complexity index is 510. The van der Waals surface area contributed by atoms with E-state index < -0.39 is 6.10 Å². The smallest absolute Gasteiger partial charge is 0.234 e. The maximum Gasteiger partial charge on any atom is 0.234 e. The number of nitrogens with one attached hydrogen (secondary N) is 2. The Balaban J connectivity index is 1.61. The lowest BCUT2D eigenvalue weighted by atomic mass is 10.3. The van der Waals surface area contributed by atoms with Crippen molar-refractivity contribution < 1.29 is 14.6 Å². The minimum atomic E-state index is -0.817. The molecule has 1 aromatic rings. The zero-order chi connectivity index (χ0) is 15.9. The van der Waals surface area contributed by atoms with Crippen molar-refractivity contribution in [1.82, 2.24) is 10.6 Å². The fourth-order valence-electron chi connectivity index (χ4n) is 1.85. The van der Waals surface area contributed by atoms with Crippen LogP contribution in [0.4, 0.5) is 0 Å². The van der Waals surface area contributed by atoms with E-state index in [4.69, 9.17) is 27.9 Å². The highest BCUT2D eigenvalue weighted by atomic mass is 35.5. The topological polar surface area (TPSA) is 70.6 Å². The molecule has 1 aliphatic rings. The summed E-state index contributed by atoms with van der Waals surface area (Å²) in [5, 5.41) is 16.2. The van der Waals surface area contributed by atoms with Crippen molar-refractivity contribution >= 4 is 29.1 Å². The lowest BCUT2D eigenvalue weighted by molar-refractivity contribution is -0.120. The van der Waals surface area contributed by atoms with Gasteiger partial charge in [-0.15, -0.1) is 0 Å². The van der Waals surface area contributed by atoms with Gasteiger partial charge in [0.2, 0.25) is 5.91 Å². The Morgan fingerprint density at radius 1 is 1.41 bits per heavy atom. The highest BCUT2D eigenvalue weighted by Gasteiger charge is 2.20. The molecule has 0 bridgehead atoms. The first kappa shape index (κ1) is 17.3. The molecule has 1 saturated carbocycles. The first-order valence-corrected chi connectivity index (χ1v) is 8.04. The van der Waals surface area contributed by atoms with Crippen molar-refractivity contribution in [2.75, 3.05) is 26.2 Å². The molecule has 0 aliphatic heterocycles. The van der Waals surface area contributed by atoms with E-state index >= 15 is 0 Å². The zero-order valence-electron chi connectivity index (χ0n) is 12.1.